The first kappa shape index (κ1) is 21.2. The van der Waals surface area contributed by atoms with Gasteiger partial charge in [-0.1, -0.05) is 19.3 Å². The van der Waals surface area contributed by atoms with E-state index in [1.807, 2.05) is 0 Å². The summed E-state index contributed by atoms with van der Waals surface area (Å²) in [6, 6.07) is 7.81. The molecule has 1 aromatic heterocycles. The standard InChI is InChI=1S/C24H26N4O5/c29-21-18-9-8-16(15-19(18)22(30)28(21)17-5-2-1-3-6-17)25-24(32)27-12-10-26(11-13-27)23(31)20-7-4-14-33-20/h4,7-9,14-15,17H,1-3,5-6,10-13H2,(H,25,32). The van der Waals surface area contributed by atoms with Crippen LogP contribution in [0.2, 0.25) is 0 Å². The number of hydrogen-bond donors (Lipinski definition) is 1. The Morgan fingerprint density at radius 3 is 2.27 bits per heavy atom. The number of carbonyl (C=O) groups excluding carboxylic acids is 4. The smallest absolute Gasteiger partial charge is 0.321 e. The molecule has 1 N–H and O–H groups in total. The van der Waals surface area contributed by atoms with Gasteiger partial charge in [-0.15, -0.1) is 0 Å². The van der Waals surface area contributed by atoms with Crippen molar-refractivity contribution in [3.05, 3.63) is 53.5 Å². The van der Waals surface area contributed by atoms with Crippen LogP contribution in [0.25, 0.3) is 0 Å². The van der Waals surface area contributed by atoms with Crippen molar-refractivity contribution >= 4 is 29.4 Å². The van der Waals surface area contributed by atoms with Gasteiger partial charge in [-0.05, 0) is 43.2 Å². The molecule has 1 saturated carbocycles. The number of fused-ring (bicyclic) bond motifs is 1. The Labute approximate surface area is 191 Å². The molecule has 2 aromatic rings. The SMILES string of the molecule is O=C(Nc1ccc2c(c1)C(=O)N(C1CCCCC1)C2=O)N1CCN(C(=O)c2ccco2)CC1. The molecule has 5 amide bonds. The second-order valence-electron chi connectivity index (χ2n) is 8.72. The first-order valence-corrected chi connectivity index (χ1v) is 11.4. The number of urea groups is 1. The molecular formula is C24H26N4O5. The van der Waals surface area contributed by atoms with Gasteiger partial charge in [0, 0.05) is 37.9 Å². The van der Waals surface area contributed by atoms with Gasteiger partial charge in [0.1, 0.15) is 0 Å². The van der Waals surface area contributed by atoms with Gasteiger partial charge in [-0.2, -0.15) is 0 Å². The minimum Gasteiger partial charge on any atom is -0.459 e. The van der Waals surface area contributed by atoms with Crippen LogP contribution >= 0.6 is 0 Å². The van der Waals surface area contributed by atoms with E-state index in [9.17, 15) is 19.2 Å². The molecule has 3 aliphatic rings. The van der Waals surface area contributed by atoms with Crippen LogP contribution in [0.3, 0.4) is 0 Å². The molecule has 0 bridgehead atoms. The molecule has 3 heterocycles. The van der Waals surface area contributed by atoms with E-state index in [0.29, 0.717) is 43.0 Å². The lowest BCUT2D eigenvalue weighted by molar-refractivity contribution is 0.0548. The maximum Gasteiger partial charge on any atom is 0.321 e. The zero-order valence-corrected chi connectivity index (χ0v) is 18.3. The highest BCUT2D eigenvalue weighted by Gasteiger charge is 2.40. The summed E-state index contributed by atoms with van der Waals surface area (Å²) in [5.41, 5.74) is 1.21. The Morgan fingerprint density at radius 1 is 0.879 bits per heavy atom. The average molecular weight is 450 g/mol. The Bertz CT molecular complexity index is 1080. The molecule has 2 aliphatic heterocycles. The number of nitrogens with one attached hydrogen (secondary N) is 1. The number of carbonyl (C=O) groups is 4. The molecule has 33 heavy (non-hydrogen) atoms. The second-order valence-corrected chi connectivity index (χ2v) is 8.72. The first-order chi connectivity index (χ1) is 16.0. The van der Waals surface area contributed by atoms with Gasteiger partial charge < -0.3 is 19.5 Å². The number of hydrogen-bond acceptors (Lipinski definition) is 5. The summed E-state index contributed by atoms with van der Waals surface area (Å²) in [5, 5.41) is 2.83. The topological polar surface area (TPSA) is 103 Å². The lowest BCUT2D eigenvalue weighted by atomic mass is 9.94. The summed E-state index contributed by atoms with van der Waals surface area (Å²) in [6.45, 7) is 1.58. The van der Waals surface area contributed by atoms with E-state index >= 15 is 0 Å². The fourth-order valence-electron chi connectivity index (χ4n) is 4.88. The Morgan fingerprint density at radius 2 is 1.58 bits per heavy atom. The lowest BCUT2D eigenvalue weighted by Crippen LogP contribution is -2.51. The second kappa shape index (κ2) is 8.73. The van der Waals surface area contributed by atoms with Gasteiger partial charge in [-0.3, -0.25) is 19.3 Å². The van der Waals surface area contributed by atoms with Gasteiger partial charge in [0.15, 0.2) is 5.76 Å². The molecule has 0 spiro atoms. The van der Waals surface area contributed by atoms with Crippen molar-refractivity contribution in [2.75, 3.05) is 31.5 Å². The molecular weight excluding hydrogens is 424 g/mol. The zero-order chi connectivity index (χ0) is 22.9. The van der Waals surface area contributed by atoms with Crippen molar-refractivity contribution in [2.45, 2.75) is 38.1 Å². The summed E-state index contributed by atoms with van der Waals surface area (Å²) in [5.74, 6) is -0.419. The third-order valence-corrected chi connectivity index (χ3v) is 6.70. The number of furan rings is 1. The maximum atomic E-state index is 13.0. The Hall–Kier alpha value is -3.62. The number of rotatable bonds is 3. The van der Waals surface area contributed by atoms with E-state index in [2.05, 4.69) is 5.32 Å². The van der Waals surface area contributed by atoms with Crippen LogP contribution < -0.4 is 5.32 Å². The third kappa shape index (κ3) is 3.99. The van der Waals surface area contributed by atoms with Gasteiger partial charge in [0.2, 0.25) is 0 Å². The van der Waals surface area contributed by atoms with Crippen molar-refractivity contribution in [1.82, 2.24) is 14.7 Å². The average Bonchev–Trinajstić information content (AvgIpc) is 3.47. The number of imide groups is 1. The van der Waals surface area contributed by atoms with Crippen LogP contribution in [0.5, 0.6) is 0 Å². The van der Waals surface area contributed by atoms with Crippen LogP contribution in [0.15, 0.2) is 41.0 Å². The van der Waals surface area contributed by atoms with E-state index in [1.165, 1.54) is 11.2 Å². The number of nitrogens with zero attached hydrogens (tertiary/aromatic N) is 3. The third-order valence-electron chi connectivity index (χ3n) is 6.70. The normalized spacial score (nSPS) is 19.1. The zero-order valence-electron chi connectivity index (χ0n) is 18.3. The van der Waals surface area contributed by atoms with Crippen LogP contribution in [0.4, 0.5) is 10.5 Å². The molecule has 0 unspecified atom stereocenters. The monoisotopic (exact) mass is 450 g/mol. The van der Waals surface area contributed by atoms with Crippen molar-refractivity contribution in [3.63, 3.8) is 0 Å². The van der Waals surface area contributed by atoms with Crippen molar-refractivity contribution < 1.29 is 23.6 Å². The van der Waals surface area contributed by atoms with Crippen LogP contribution in [0.1, 0.15) is 63.4 Å². The van der Waals surface area contributed by atoms with Gasteiger partial charge in [-0.25, -0.2) is 4.79 Å². The number of amides is 5. The van der Waals surface area contributed by atoms with E-state index < -0.39 is 0 Å². The molecule has 1 saturated heterocycles. The van der Waals surface area contributed by atoms with Crippen molar-refractivity contribution in [2.24, 2.45) is 0 Å². The summed E-state index contributed by atoms with van der Waals surface area (Å²) in [7, 11) is 0. The predicted octanol–water partition coefficient (Wildman–Crippen LogP) is 3.20. The summed E-state index contributed by atoms with van der Waals surface area (Å²) >= 11 is 0. The molecule has 1 aromatic carbocycles. The highest BCUT2D eigenvalue weighted by atomic mass is 16.3. The largest absolute Gasteiger partial charge is 0.459 e. The van der Waals surface area contributed by atoms with E-state index in [4.69, 9.17) is 4.42 Å². The summed E-state index contributed by atoms with van der Waals surface area (Å²) in [4.78, 5) is 55.6. The minimum atomic E-state index is -0.305. The van der Waals surface area contributed by atoms with Crippen LogP contribution in [0, 0.1) is 0 Å². The Kier molecular flexibility index (Phi) is 5.62. The summed E-state index contributed by atoms with van der Waals surface area (Å²) < 4.78 is 5.16. The van der Waals surface area contributed by atoms with E-state index in [-0.39, 0.29) is 35.6 Å². The molecule has 1 aliphatic carbocycles. The predicted molar refractivity (Wildman–Crippen MR) is 119 cm³/mol. The molecule has 0 radical (unpaired) electrons. The van der Waals surface area contributed by atoms with E-state index in [1.54, 1.807) is 40.1 Å². The quantitative estimate of drug-likeness (QED) is 0.724. The summed E-state index contributed by atoms with van der Waals surface area (Å²) in [6.07, 6.45) is 6.35. The minimum absolute atomic E-state index is 0.0376. The van der Waals surface area contributed by atoms with E-state index in [0.717, 1.165) is 32.1 Å². The fraction of sp³-hybridized carbons (Fsp3) is 0.417. The molecule has 9 nitrogen and oxygen atoms in total. The first-order valence-electron chi connectivity index (χ1n) is 11.4. The van der Waals surface area contributed by atoms with Gasteiger partial charge in [0.05, 0.1) is 17.4 Å². The molecule has 2 fully saturated rings. The number of piperazine rings is 1. The highest BCUT2D eigenvalue weighted by molar-refractivity contribution is 6.22. The Balaban J connectivity index is 1.21. The van der Waals surface area contributed by atoms with Gasteiger partial charge in [0.25, 0.3) is 17.7 Å². The molecule has 5 rings (SSSR count). The van der Waals surface area contributed by atoms with Crippen molar-refractivity contribution in [3.8, 4) is 0 Å². The van der Waals surface area contributed by atoms with Crippen LogP contribution in [-0.4, -0.2) is 70.7 Å². The van der Waals surface area contributed by atoms with Gasteiger partial charge >= 0.3 is 6.03 Å². The lowest BCUT2D eigenvalue weighted by Gasteiger charge is -2.34. The number of anilines is 1. The van der Waals surface area contributed by atoms with Crippen molar-refractivity contribution in [1.29, 1.82) is 0 Å². The number of benzene rings is 1. The molecule has 0 atom stereocenters. The molecule has 9 heteroatoms. The molecule has 172 valence electrons. The van der Waals surface area contributed by atoms with Crippen LogP contribution in [-0.2, 0) is 0 Å². The fourth-order valence-corrected chi connectivity index (χ4v) is 4.88. The highest BCUT2D eigenvalue weighted by Crippen LogP contribution is 2.32. The maximum absolute atomic E-state index is 13.0.